The van der Waals surface area contributed by atoms with Crippen LogP contribution < -0.4 is 4.90 Å². The fourth-order valence-corrected chi connectivity index (χ4v) is 5.02. The Balaban J connectivity index is 1.84. The molecule has 0 amide bonds. The number of nitriles is 1. The third kappa shape index (κ3) is 3.46. The first kappa shape index (κ1) is 19.1. The number of rotatable bonds is 4. The van der Waals surface area contributed by atoms with Gasteiger partial charge in [0.15, 0.2) is 11.5 Å². The Morgan fingerprint density at radius 2 is 1.89 bits per heavy atom. The molecular weight excluding hydrogens is 368 g/mol. The lowest BCUT2D eigenvalue weighted by molar-refractivity contribution is 0.101. The number of sulfonamides is 1. The van der Waals surface area contributed by atoms with Crippen LogP contribution in [0.15, 0.2) is 27.6 Å². The number of nitrogens with zero attached hydrogens (tertiary/aromatic N) is 4. The number of anilines is 1. The first-order valence-corrected chi connectivity index (χ1v) is 9.92. The highest BCUT2D eigenvalue weighted by Gasteiger charge is 2.33. The summed E-state index contributed by atoms with van der Waals surface area (Å²) in [5, 5.41) is 12.9. The van der Waals surface area contributed by atoms with E-state index in [-0.39, 0.29) is 29.5 Å². The highest BCUT2D eigenvalue weighted by Crippen LogP contribution is 2.28. The minimum Gasteiger partial charge on any atom is -0.368 e. The van der Waals surface area contributed by atoms with Crippen molar-refractivity contribution in [3.05, 3.63) is 40.8 Å². The zero-order chi connectivity index (χ0) is 19.8. The van der Waals surface area contributed by atoms with Gasteiger partial charge in [0.1, 0.15) is 10.6 Å². The quantitative estimate of drug-likeness (QED) is 0.736. The zero-order valence-electron chi connectivity index (χ0n) is 15.4. The average molecular weight is 388 g/mol. The van der Waals surface area contributed by atoms with Crippen LogP contribution in [0, 0.1) is 25.2 Å². The highest BCUT2D eigenvalue weighted by atomic mass is 32.2. The smallest absolute Gasteiger partial charge is 0.248 e. The summed E-state index contributed by atoms with van der Waals surface area (Å²) in [6, 6.07) is 7.00. The molecule has 0 atom stereocenters. The molecule has 1 saturated heterocycles. The van der Waals surface area contributed by atoms with Gasteiger partial charge >= 0.3 is 0 Å². The van der Waals surface area contributed by atoms with Crippen LogP contribution in [0.1, 0.15) is 34.3 Å². The molecule has 1 fully saturated rings. The second-order valence-corrected chi connectivity index (χ2v) is 8.32. The molecule has 9 heteroatoms. The summed E-state index contributed by atoms with van der Waals surface area (Å²) in [7, 11) is -3.69. The Labute approximate surface area is 158 Å². The van der Waals surface area contributed by atoms with Gasteiger partial charge in [-0.3, -0.25) is 4.79 Å². The van der Waals surface area contributed by atoms with E-state index in [0.29, 0.717) is 35.6 Å². The fraction of sp³-hybridized carbons (Fsp3) is 0.389. The highest BCUT2D eigenvalue weighted by molar-refractivity contribution is 7.89. The summed E-state index contributed by atoms with van der Waals surface area (Å²) in [6.07, 6.45) is 0. The van der Waals surface area contributed by atoms with Gasteiger partial charge in [0, 0.05) is 37.4 Å². The molecule has 1 aromatic heterocycles. The molecule has 0 saturated carbocycles. The molecule has 1 aromatic carbocycles. The Hall–Kier alpha value is -2.70. The summed E-state index contributed by atoms with van der Waals surface area (Å²) in [5.41, 5.74) is 1.99. The van der Waals surface area contributed by atoms with Gasteiger partial charge in [0.05, 0.1) is 11.6 Å². The number of aromatic nitrogens is 1. The van der Waals surface area contributed by atoms with Crippen LogP contribution in [0.3, 0.4) is 0 Å². The van der Waals surface area contributed by atoms with Crippen molar-refractivity contribution in [2.45, 2.75) is 25.7 Å². The van der Waals surface area contributed by atoms with Gasteiger partial charge in [-0.25, -0.2) is 8.42 Å². The minimum absolute atomic E-state index is 0.0970. The standard InChI is InChI=1S/C18H20N4O4S/c1-12-18(14(3)26-20-12)27(24,25)22-8-6-21(7-9-22)17-10-15(11-19)4-5-16(17)13(2)23/h4-5,10H,6-9H2,1-3H3. The number of aryl methyl sites for hydroxylation is 2. The first-order chi connectivity index (χ1) is 12.8. The van der Waals surface area contributed by atoms with Gasteiger partial charge in [-0.2, -0.15) is 9.57 Å². The Morgan fingerprint density at radius 1 is 1.22 bits per heavy atom. The number of carbonyl (C=O) groups is 1. The molecule has 0 aliphatic carbocycles. The maximum atomic E-state index is 12.9. The van der Waals surface area contributed by atoms with Crippen molar-refractivity contribution < 1.29 is 17.7 Å². The molecule has 1 aliphatic heterocycles. The monoisotopic (exact) mass is 388 g/mol. The maximum absolute atomic E-state index is 12.9. The molecule has 0 bridgehead atoms. The lowest BCUT2D eigenvalue weighted by atomic mass is 10.0. The second-order valence-electron chi connectivity index (χ2n) is 6.44. The third-order valence-corrected chi connectivity index (χ3v) is 6.79. The van der Waals surface area contributed by atoms with Crippen LogP contribution in [0.25, 0.3) is 0 Å². The van der Waals surface area contributed by atoms with E-state index >= 15 is 0 Å². The lowest BCUT2D eigenvalue weighted by Crippen LogP contribution is -2.49. The predicted molar refractivity (Wildman–Crippen MR) is 98.1 cm³/mol. The van der Waals surface area contributed by atoms with Gasteiger partial charge < -0.3 is 9.42 Å². The van der Waals surface area contributed by atoms with Crippen molar-refractivity contribution in [1.29, 1.82) is 5.26 Å². The number of hydrogen-bond donors (Lipinski definition) is 0. The van der Waals surface area contributed by atoms with E-state index in [1.54, 1.807) is 32.0 Å². The van der Waals surface area contributed by atoms with E-state index in [4.69, 9.17) is 9.78 Å². The molecule has 1 aliphatic rings. The summed E-state index contributed by atoms with van der Waals surface area (Å²) >= 11 is 0. The predicted octanol–water partition coefficient (Wildman–Crippen LogP) is 1.88. The van der Waals surface area contributed by atoms with E-state index in [0.717, 1.165) is 0 Å². The number of hydrogen-bond acceptors (Lipinski definition) is 7. The topological polar surface area (TPSA) is 108 Å². The Morgan fingerprint density at radius 3 is 2.41 bits per heavy atom. The minimum atomic E-state index is -3.69. The van der Waals surface area contributed by atoms with Crippen molar-refractivity contribution in [2.24, 2.45) is 0 Å². The van der Waals surface area contributed by atoms with Crippen LogP contribution in [0.2, 0.25) is 0 Å². The van der Waals surface area contributed by atoms with Gasteiger partial charge in [-0.05, 0) is 39.0 Å². The van der Waals surface area contributed by atoms with E-state index in [9.17, 15) is 13.2 Å². The summed E-state index contributed by atoms with van der Waals surface area (Å²) < 4.78 is 32.2. The van der Waals surface area contributed by atoms with Gasteiger partial charge in [0.25, 0.3) is 0 Å². The molecule has 3 rings (SSSR count). The van der Waals surface area contributed by atoms with Crippen LogP contribution >= 0.6 is 0 Å². The molecule has 0 N–H and O–H groups in total. The van der Waals surface area contributed by atoms with Gasteiger partial charge in [0.2, 0.25) is 10.0 Å². The largest absolute Gasteiger partial charge is 0.368 e. The maximum Gasteiger partial charge on any atom is 0.248 e. The molecule has 142 valence electrons. The van der Waals surface area contributed by atoms with Crippen LogP contribution in [0.4, 0.5) is 5.69 Å². The molecular formula is C18H20N4O4S. The summed E-state index contributed by atoms with van der Waals surface area (Å²) in [5.74, 6) is 0.177. The molecule has 27 heavy (non-hydrogen) atoms. The van der Waals surface area contributed by atoms with Crippen molar-refractivity contribution in [3.8, 4) is 6.07 Å². The number of benzene rings is 1. The van der Waals surface area contributed by atoms with Crippen molar-refractivity contribution in [1.82, 2.24) is 9.46 Å². The summed E-state index contributed by atoms with van der Waals surface area (Å²) in [6.45, 7) is 6.02. The number of piperazine rings is 1. The molecule has 0 unspecified atom stereocenters. The van der Waals surface area contributed by atoms with Gasteiger partial charge in [-0.15, -0.1) is 0 Å². The molecule has 0 radical (unpaired) electrons. The SMILES string of the molecule is CC(=O)c1ccc(C#N)cc1N1CCN(S(=O)(=O)c2c(C)noc2C)CC1. The lowest BCUT2D eigenvalue weighted by Gasteiger charge is -2.36. The number of Topliss-reactive ketones (excluding diaryl/α,β-unsaturated/α-hetero) is 1. The fourth-order valence-electron chi connectivity index (χ4n) is 3.30. The van der Waals surface area contributed by atoms with E-state index < -0.39 is 10.0 Å². The molecule has 0 spiro atoms. The average Bonchev–Trinajstić information content (AvgIpc) is 3.00. The van der Waals surface area contributed by atoms with E-state index in [1.165, 1.54) is 11.2 Å². The third-order valence-electron chi connectivity index (χ3n) is 4.65. The normalized spacial score (nSPS) is 15.6. The second kappa shape index (κ2) is 7.13. The number of ketones is 1. The Kier molecular flexibility index (Phi) is 5.04. The van der Waals surface area contributed by atoms with Crippen LogP contribution in [-0.4, -0.2) is 49.8 Å². The van der Waals surface area contributed by atoms with Gasteiger partial charge in [-0.1, -0.05) is 5.16 Å². The van der Waals surface area contributed by atoms with E-state index in [1.807, 2.05) is 4.90 Å². The number of carbonyl (C=O) groups excluding carboxylic acids is 1. The van der Waals surface area contributed by atoms with Crippen LogP contribution in [-0.2, 0) is 10.0 Å². The van der Waals surface area contributed by atoms with Crippen molar-refractivity contribution in [3.63, 3.8) is 0 Å². The van der Waals surface area contributed by atoms with Crippen molar-refractivity contribution in [2.75, 3.05) is 31.1 Å². The Bertz CT molecular complexity index is 1010. The summed E-state index contributed by atoms with van der Waals surface area (Å²) in [4.78, 5) is 14.0. The molecule has 2 heterocycles. The van der Waals surface area contributed by atoms with E-state index in [2.05, 4.69) is 11.2 Å². The zero-order valence-corrected chi connectivity index (χ0v) is 16.2. The first-order valence-electron chi connectivity index (χ1n) is 8.48. The van der Waals surface area contributed by atoms with Crippen LogP contribution in [0.5, 0.6) is 0 Å². The molecule has 2 aromatic rings. The van der Waals surface area contributed by atoms with Crippen molar-refractivity contribution >= 4 is 21.5 Å². The molecule has 8 nitrogen and oxygen atoms in total.